The Bertz CT molecular complexity index is 705. The lowest BCUT2D eigenvalue weighted by molar-refractivity contribution is -0.111. The van der Waals surface area contributed by atoms with Crippen LogP contribution in [0.25, 0.3) is 6.08 Å². The minimum atomic E-state index is -0.185. The van der Waals surface area contributed by atoms with Crippen LogP contribution in [0, 0.1) is 11.3 Å². The number of nitrogens with one attached hydrogen (secondary N) is 1. The summed E-state index contributed by atoms with van der Waals surface area (Å²) < 4.78 is 0. The van der Waals surface area contributed by atoms with Crippen molar-refractivity contribution in [2.45, 2.75) is 19.3 Å². The molecule has 1 aliphatic rings. The molecule has 0 bridgehead atoms. The first kappa shape index (κ1) is 13.1. The Morgan fingerprint density at radius 1 is 1.45 bits per heavy atom. The maximum atomic E-state index is 11.9. The van der Waals surface area contributed by atoms with Gasteiger partial charge < -0.3 is 5.32 Å². The van der Waals surface area contributed by atoms with E-state index in [1.807, 2.05) is 17.5 Å². The molecule has 0 atom stereocenters. The van der Waals surface area contributed by atoms with Gasteiger partial charge in [0.05, 0.1) is 5.56 Å². The summed E-state index contributed by atoms with van der Waals surface area (Å²) in [6.07, 6.45) is 6.39. The van der Waals surface area contributed by atoms with Gasteiger partial charge in [-0.3, -0.25) is 4.79 Å². The topological polar surface area (TPSA) is 52.9 Å². The summed E-state index contributed by atoms with van der Waals surface area (Å²) in [5, 5.41) is 14.7. The van der Waals surface area contributed by atoms with Crippen LogP contribution in [0.1, 0.15) is 27.3 Å². The number of carbonyl (C=O) groups is 1. The average Bonchev–Trinajstić information content (AvgIpc) is 3.12. The van der Waals surface area contributed by atoms with Gasteiger partial charge >= 0.3 is 0 Å². The number of aryl methyl sites for hydroxylation is 1. The molecule has 1 amide bonds. The van der Waals surface area contributed by atoms with Crippen LogP contribution in [-0.2, 0) is 17.6 Å². The Balaban J connectivity index is 1.75. The number of thiophene rings is 2. The Morgan fingerprint density at radius 3 is 3.10 bits per heavy atom. The number of nitriles is 1. The van der Waals surface area contributed by atoms with E-state index in [0.29, 0.717) is 10.6 Å². The maximum Gasteiger partial charge on any atom is 0.249 e. The number of anilines is 1. The Morgan fingerprint density at radius 2 is 2.35 bits per heavy atom. The predicted octanol–water partition coefficient (Wildman–Crippen LogP) is 3.82. The lowest BCUT2D eigenvalue weighted by Crippen LogP contribution is -2.07. The summed E-state index contributed by atoms with van der Waals surface area (Å²) in [6.45, 7) is 0. The van der Waals surface area contributed by atoms with Crippen molar-refractivity contribution in [3.8, 4) is 6.07 Å². The molecule has 3 rings (SSSR count). The molecule has 0 spiro atoms. The molecule has 2 aromatic heterocycles. The van der Waals surface area contributed by atoms with E-state index < -0.39 is 0 Å². The highest BCUT2D eigenvalue weighted by molar-refractivity contribution is 7.16. The number of rotatable bonds is 3. The molecule has 2 heterocycles. The predicted molar refractivity (Wildman–Crippen MR) is 83.0 cm³/mol. The van der Waals surface area contributed by atoms with Crippen LogP contribution in [0.2, 0.25) is 0 Å². The average molecular weight is 300 g/mol. The molecule has 0 saturated heterocycles. The van der Waals surface area contributed by atoms with Crippen molar-refractivity contribution >= 4 is 39.7 Å². The Labute approximate surface area is 125 Å². The lowest BCUT2D eigenvalue weighted by atomic mass is 10.1. The fourth-order valence-corrected chi connectivity index (χ4v) is 4.17. The number of carbonyl (C=O) groups excluding carboxylic acids is 1. The van der Waals surface area contributed by atoms with Gasteiger partial charge in [-0.25, -0.2) is 0 Å². The van der Waals surface area contributed by atoms with Crippen LogP contribution in [0.3, 0.4) is 0 Å². The van der Waals surface area contributed by atoms with Crippen molar-refractivity contribution < 1.29 is 4.79 Å². The molecule has 5 heteroatoms. The largest absolute Gasteiger partial charge is 0.313 e. The van der Waals surface area contributed by atoms with E-state index in [0.717, 1.165) is 29.7 Å². The number of hydrogen-bond acceptors (Lipinski definition) is 4. The molecule has 2 aromatic rings. The third-order valence-electron chi connectivity index (χ3n) is 3.21. The molecule has 0 radical (unpaired) electrons. The molecule has 1 N–H and O–H groups in total. The normalized spacial score (nSPS) is 13.3. The number of amides is 1. The molecule has 0 unspecified atom stereocenters. The van der Waals surface area contributed by atoms with E-state index in [4.69, 9.17) is 0 Å². The molecule has 0 aromatic carbocycles. The molecule has 3 nitrogen and oxygen atoms in total. The van der Waals surface area contributed by atoms with Gasteiger partial charge in [0, 0.05) is 15.8 Å². The van der Waals surface area contributed by atoms with Crippen LogP contribution in [0.5, 0.6) is 0 Å². The molecule has 0 saturated carbocycles. The van der Waals surface area contributed by atoms with Crippen molar-refractivity contribution in [1.82, 2.24) is 0 Å². The zero-order chi connectivity index (χ0) is 13.9. The summed E-state index contributed by atoms with van der Waals surface area (Å²) in [7, 11) is 0. The molecule has 1 aliphatic carbocycles. The van der Waals surface area contributed by atoms with Crippen molar-refractivity contribution in [1.29, 1.82) is 5.26 Å². The Kier molecular flexibility index (Phi) is 3.68. The van der Waals surface area contributed by atoms with Gasteiger partial charge in [-0.05, 0) is 42.3 Å². The highest BCUT2D eigenvalue weighted by atomic mass is 32.1. The third kappa shape index (κ3) is 2.53. The zero-order valence-corrected chi connectivity index (χ0v) is 12.3. The van der Waals surface area contributed by atoms with Crippen LogP contribution >= 0.6 is 22.7 Å². The van der Waals surface area contributed by atoms with Gasteiger partial charge in [0.15, 0.2) is 0 Å². The van der Waals surface area contributed by atoms with Crippen LogP contribution in [0.15, 0.2) is 23.6 Å². The fraction of sp³-hybridized carbons (Fsp3) is 0.200. The fourth-order valence-electron chi connectivity index (χ4n) is 2.31. The van der Waals surface area contributed by atoms with Gasteiger partial charge in [0.2, 0.25) is 5.91 Å². The number of hydrogen-bond donors (Lipinski definition) is 1. The van der Waals surface area contributed by atoms with Crippen LogP contribution in [-0.4, -0.2) is 5.91 Å². The smallest absolute Gasteiger partial charge is 0.249 e. The standard InChI is InChI=1S/C15H12N2OS2/c16-9-12-11-4-1-5-13(11)20-15(12)17-14(18)7-6-10-3-2-8-19-10/h2-3,6-8H,1,4-5H2,(H,17,18). The van der Waals surface area contributed by atoms with Crippen molar-refractivity contribution in [3.05, 3.63) is 44.5 Å². The molecular formula is C15H12N2OS2. The van der Waals surface area contributed by atoms with Crippen LogP contribution in [0.4, 0.5) is 5.00 Å². The lowest BCUT2D eigenvalue weighted by Gasteiger charge is -1.99. The SMILES string of the molecule is N#Cc1c(NC(=O)C=Cc2cccs2)sc2c1CCC2. The highest BCUT2D eigenvalue weighted by Gasteiger charge is 2.22. The van der Waals surface area contributed by atoms with Crippen molar-refractivity contribution in [2.24, 2.45) is 0 Å². The molecule has 0 fully saturated rings. The van der Waals surface area contributed by atoms with Crippen molar-refractivity contribution in [2.75, 3.05) is 5.32 Å². The second kappa shape index (κ2) is 5.61. The summed E-state index contributed by atoms with van der Waals surface area (Å²) in [5.41, 5.74) is 1.79. The number of fused-ring (bicyclic) bond motifs is 1. The van der Waals surface area contributed by atoms with E-state index in [2.05, 4.69) is 11.4 Å². The van der Waals surface area contributed by atoms with E-state index in [-0.39, 0.29) is 5.91 Å². The van der Waals surface area contributed by atoms with E-state index in [1.54, 1.807) is 17.4 Å². The highest BCUT2D eigenvalue weighted by Crippen LogP contribution is 2.38. The van der Waals surface area contributed by atoms with Crippen molar-refractivity contribution in [3.63, 3.8) is 0 Å². The second-order valence-electron chi connectivity index (χ2n) is 4.51. The van der Waals surface area contributed by atoms with Gasteiger partial charge in [-0.1, -0.05) is 6.07 Å². The minimum Gasteiger partial charge on any atom is -0.313 e. The first-order chi connectivity index (χ1) is 9.78. The summed E-state index contributed by atoms with van der Waals surface area (Å²) >= 11 is 3.12. The Hall–Kier alpha value is -1.90. The van der Waals surface area contributed by atoms with Gasteiger partial charge in [0.1, 0.15) is 11.1 Å². The van der Waals surface area contributed by atoms with E-state index in [1.165, 1.54) is 22.3 Å². The summed E-state index contributed by atoms with van der Waals surface area (Å²) in [5.74, 6) is -0.185. The first-order valence-electron chi connectivity index (χ1n) is 6.35. The first-order valence-corrected chi connectivity index (χ1v) is 8.05. The molecule has 20 heavy (non-hydrogen) atoms. The molecular weight excluding hydrogens is 288 g/mol. The quantitative estimate of drug-likeness (QED) is 0.876. The summed E-state index contributed by atoms with van der Waals surface area (Å²) in [4.78, 5) is 14.2. The monoisotopic (exact) mass is 300 g/mol. The minimum absolute atomic E-state index is 0.185. The van der Waals surface area contributed by atoms with Gasteiger partial charge in [-0.2, -0.15) is 5.26 Å². The molecule has 100 valence electrons. The zero-order valence-electron chi connectivity index (χ0n) is 10.7. The van der Waals surface area contributed by atoms with Crippen LogP contribution < -0.4 is 5.32 Å². The molecule has 0 aliphatic heterocycles. The second-order valence-corrected chi connectivity index (χ2v) is 6.60. The van der Waals surface area contributed by atoms with Gasteiger partial charge in [0.25, 0.3) is 0 Å². The van der Waals surface area contributed by atoms with E-state index in [9.17, 15) is 10.1 Å². The third-order valence-corrected chi connectivity index (χ3v) is 5.26. The summed E-state index contributed by atoms with van der Waals surface area (Å²) in [6, 6.07) is 6.12. The maximum absolute atomic E-state index is 11.9. The van der Waals surface area contributed by atoms with E-state index >= 15 is 0 Å². The van der Waals surface area contributed by atoms with Gasteiger partial charge in [-0.15, -0.1) is 22.7 Å². The number of nitrogens with zero attached hydrogens (tertiary/aromatic N) is 1.